The van der Waals surface area contributed by atoms with Crippen molar-refractivity contribution < 1.29 is 23.0 Å². The smallest absolute Gasteiger partial charge is 0.407 e. The fraction of sp³-hybridized carbons (Fsp3) is 0.455. The van der Waals surface area contributed by atoms with Gasteiger partial charge in [-0.05, 0) is 57.5 Å². The number of amides is 1. The highest BCUT2D eigenvalue weighted by Crippen LogP contribution is 2.30. The highest BCUT2D eigenvalue weighted by atomic mass is 19.1. The van der Waals surface area contributed by atoms with E-state index >= 15 is 0 Å². The Kier molecular flexibility index (Phi) is 6.43. The number of nitrogens with one attached hydrogen (secondary N) is 1. The van der Waals surface area contributed by atoms with Gasteiger partial charge in [-0.3, -0.25) is 0 Å². The highest BCUT2D eigenvalue weighted by Gasteiger charge is 2.32. The molecule has 2 unspecified atom stereocenters. The number of piperidine rings is 1. The number of rotatable bonds is 4. The summed E-state index contributed by atoms with van der Waals surface area (Å²) in [6.45, 7) is 5.81. The number of aromatic nitrogens is 1. The lowest BCUT2D eigenvalue weighted by atomic mass is 10.0. The van der Waals surface area contributed by atoms with Crippen molar-refractivity contribution in [1.82, 2.24) is 10.3 Å². The Labute approximate surface area is 174 Å². The third-order valence-corrected chi connectivity index (χ3v) is 4.76. The lowest BCUT2D eigenvalue weighted by Crippen LogP contribution is -2.53. The van der Waals surface area contributed by atoms with E-state index in [9.17, 15) is 13.6 Å². The van der Waals surface area contributed by atoms with Crippen molar-refractivity contribution in [2.75, 3.05) is 25.1 Å². The molecule has 1 fully saturated rings. The van der Waals surface area contributed by atoms with E-state index in [2.05, 4.69) is 10.3 Å². The third-order valence-electron chi connectivity index (χ3n) is 4.76. The number of hydrogen-bond donors (Lipinski definition) is 1. The monoisotopic (exact) mass is 419 g/mol. The summed E-state index contributed by atoms with van der Waals surface area (Å²) in [7, 11) is 1.53. The van der Waals surface area contributed by atoms with Gasteiger partial charge < -0.3 is 19.7 Å². The number of anilines is 1. The molecular weight excluding hydrogens is 392 g/mol. The second kappa shape index (κ2) is 8.85. The topological polar surface area (TPSA) is 63.7 Å². The van der Waals surface area contributed by atoms with E-state index in [0.717, 1.165) is 0 Å². The average molecular weight is 419 g/mol. The van der Waals surface area contributed by atoms with E-state index in [1.165, 1.54) is 19.4 Å². The van der Waals surface area contributed by atoms with Gasteiger partial charge in [-0.15, -0.1) is 0 Å². The highest BCUT2D eigenvalue weighted by molar-refractivity contribution is 5.92. The summed E-state index contributed by atoms with van der Waals surface area (Å²) in [6.07, 6.45) is 1.61. The third kappa shape index (κ3) is 5.17. The first-order valence-corrected chi connectivity index (χ1v) is 9.85. The number of fused-ring (bicyclic) bond motifs is 1. The van der Waals surface area contributed by atoms with Gasteiger partial charge in [0.05, 0.1) is 42.9 Å². The van der Waals surface area contributed by atoms with Crippen LogP contribution >= 0.6 is 0 Å². The van der Waals surface area contributed by atoms with Gasteiger partial charge in [0.2, 0.25) is 0 Å². The van der Waals surface area contributed by atoms with Gasteiger partial charge in [0.15, 0.2) is 0 Å². The number of carbonyl (C=O) groups excluding carboxylic acids is 1. The van der Waals surface area contributed by atoms with E-state index < -0.39 is 23.9 Å². The number of alkyl carbamates (subject to hydrolysis) is 1. The fourth-order valence-corrected chi connectivity index (χ4v) is 3.41. The maximum absolute atomic E-state index is 14.9. The Morgan fingerprint density at radius 1 is 1.30 bits per heavy atom. The van der Waals surface area contributed by atoms with Gasteiger partial charge in [0.1, 0.15) is 17.6 Å². The molecule has 0 bridgehead atoms. The van der Waals surface area contributed by atoms with Crippen molar-refractivity contribution in [3.05, 3.63) is 42.0 Å². The van der Waals surface area contributed by atoms with Crippen LogP contribution in [0.3, 0.4) is 0 Å². The predicted octanol–water partition coefficient (Wildman–Crippen LogP) is 4.43. The standard InChI is InChI=1S/C22H27F2N3O3/c1-22(2,3)30-21(28)26-18-9-11-27(13-17(18)24)19-8-7-16(23)15-6-5-14(10-12-29-4)25-20(15)19/h5-8,10,12,17-18H,9,11,13H2,1-4H3,(H,26,28)/b12-10+. The molecule has 6 nitrogen and oxygen atoms in total. The second-order valence-electron chi connectivity index (χ2n) is 8.24. The summed E-state index contributed by atoms with van der Waals surface area (Å²) in [6, 6.07) is 5.68. The minimum atomic E-state index is -1.30. The zero-order valence-electron chi connectivity index (χ0n) is 17.6. The molecule has 3 rings (SSSR count). The Morgan fingerprint density at radius 3 is 2.73 bits per heavy atom. The molecular formula is C22H27F2N3O3. The molecule has 0 spiro atoms. The first kappa shape index (κ1) is 21.8. The molecule has 1 aliphatic rings. The van der Waals surface area contributed by atoms with Crippen molar-refractivity contribution in [2.45, 2.75) is 45.0 Å². The number of nitrogens with zero attached hydrogens (tertiary/aromatic N) is 2. The number of hydrogen-bond acceptors (Lipinski definition) is 5. The fourth-order valence-electron chi connectivity index (χ4n) is 3.41. The van der Waals surface area contributed by atoms with Crippen molar-refractivity contribution in [3.8, 4) is 0 Å². The molecule has 1 amide bonds. The van der Waals surface area contributed by atoms with E-state index in [0.29, 0.717) is 35.2 Å². The maximum Gasteiger partial charge on any atom is 0.407 e. The van der Waals surface area contributed by atoms with Crippen LogP contribution in [0.4, 0.5) is 19.3 Å². The summed E-state index contributed by atoms with van der Waals surface area (Å²) in [5.74, 6) is -0.387. The molecule has 1 N–H and O–H groups in total. The van der Waals surface area contributed by atoms with Gasteiger partial charge in [-0.1, -0.05) is 0 Å². The number of carbonyl (C=O) groups is 1. The summed E-state index contributed by atoms with van der Waals surface area (Å²) in [5, 5.41) is 2.98. The molecule has 2 heterocycles. The summed E-state index contributed by atoms with van der Waals surface area (Å²) in [5.41, 5.74) is 1.07. The molecule has 1 aromatic carbocycles. The zero-order chi connectivity index (χ0) is 21.9. The summed E-state index contributed by atoms with van der Waals surface area (Å²) in [4.78, 5) is 18.3. The van der Waals surface area contributed by atoms with Gasteiger partial charge in [0, 0.05) is 11.9 Å². The molecule has 1 saturated heterocycles. The molecule has 1 aliphatic heterocycles. The largest absolute Gasteiger partial charge is 0.504 e. The molecule has 0 radical (unpaired) electrons. The number of alkyl halides is 1. The molecule has 162 valence electrons. The van der Waals surface area contributed by atoms with E-state index in [1.807, 2.05) is 4.90 Å². The number of methoxy groups -OCH3 is 1. The molecule has 0 aliphatic carbocycles. The molecule has 2 aromatic rings. The van der Waals surface area contributed by atoms with Crippen LogP contribution in [0.2, 0.25) is 0 Å². The lowest BCUT2D eigenvalue weighted by Gasteiger charge is -2.37. The second-order valence-corrected chi connectivity index (χ2v) is 8.24. The van der Waals surface area contributed by atoms with Gasteiger partial charge in [-0.25, -0.2) is 18.6 Å². The Morgan fingerprint density at radius 2 is 2.07 bits per heavy atom. The van der Waals surface area contributed by atoms with Crippen molar-refractivity contribution in [2.24, 2.45) is 0 Å². The molecule has 2 atom stereocenters. The Hall–Kier alpha value is -2.90. The summed E-state index contributed by atoms with van der Waals surface area (Å²) < 4.78 is 39.3. The number of pyridine rings is 1. The first-order chi connectivity index (χ1) is 14.2. The van der Waals surface area contributed by atoms with Crippen LogP contribution in [0, 0.1) is 5.82 Å². The van der Waals surface area contributed by atoms with Crippen molar-refractivity contribution in [3.63, 3.8) is 0 Å². The molecule has 8 heteroatoms. The first-order valence-electron chi connectivity index (χ1n) is 9.85. The van der Waals surface area contributed by atoms with Crippen LogP contribution in [0.25, 0.3) is 17.0 Å². The van der Waals surface area contributed by atoms with Crippen LogP contribution < -0.4 is 10.2 Å². The molecule has 0 saturated carbocycles. The van der Waals surface area contributed by atoms with Gasteiger partial charge in [-0.2, -0.15) is 0 Å². The van der Waals surface area contributed by atoms with E-state index in [-0.39, 0.29) is 12.4 Å². The molecule has 1 aromatic heterocycles. The number of ether oxygens (including phenoxy) is 2. The van der Waals surface area contributed by atoms with Crippen molar-refractivity contribution >= 4 is 28.8 Å². The number of halogens is 2. The minimum Gasteiger partial charge on any atom is -0.504 e. The van der Waals surface area contributed by atoms with Crippen LogP contribution in [-0.2, 0) is 9.47 Å². The Balaban J connectivity index is 1.79. The Bertz CT molecular complexity index is 943. The van der Waals surface area contributed by atoms with Crippen LogP contribution in [-0.4, -0.2) is 49.1 Å². The predicted molar refractivity (Wildman–Crippen MR) is 113 cm³/mol. The average Bonchev–Trinajstić information content (AvgIpc) is 2.67. The lowest BCUT2D eigenvalue weighted by molar-refractivity contribution is 0.0463. The van der Waals surface area contributed by atoms with Gasteiger partial charge >= 0.3 is 6.09 Å². The maximum atomic E-state index is 14.9. The minimum absolute atomic E-state index is 0.0566. The van der Waals surface area contributed by atoms with Crippen molar-refractivity contribution in [1.29, 1.82) is 0 Å². The van der Waals surface area contributed by atoms with E-state index in [4.69, 9.17) is 9.47 Å². The van der Waals surface area contributed by atoms with E-state index in [1.54, 1.807) is 45.0 Å². The molecule has 30 heavy (non-hydrogen) atoms. The summed E-state index contributed by atoms with van der Waals surface area (Å²) >= 11 is 0. The quantitative estimate of drug-likeness (QED) is 0.743. The normalized spacial score (nSPS) is 19.9. The SMILES string of the molecule is CO/C=C/c1ccc2c(F)ccc(N3CCC(NC(=O)OC(C)(C)C)C(F)C3)c2n1. The zero-order valence-corrected chi connectivity index (χ0v) is 17.6. The van der Waals surface area contributed by atoms with Crippen LogP contribution in [0.1, 0.15) is 32.9 Å². The van der Waals surface area contributed by atoms with Crippen LogP contribution in [0.15, 0.2) is 30.5 Å². The van der Waals surface area contributed by atoms with Gasteiger partial charge in [0.25, 0.3) is 0 Å². The van der Waals surface area contributed by atoms with Crippen LogP contribution in [0.5, 0.6) is 0 Å². The number of benzene rings is 1.